The van der Waals surface area contributed by atoms with Gasteiger partial charge in [0.05, 0.1) is 7.11 Å². The van der Waals surface area contributed by atoms with Crippen LogP contribution in [-0.4, -0.2) is 31.8 Å². The van der Waals surface area contributed by atoms with Crippen LogP contribution in [0.5, 0.6) is 11.5 Å². The van der Waals surface area contributed by atoms with Crippen LogP contribution in [0.25, 0.3) is 0 Å². The minimum Gasteiger partial charge on any atom is -0.504 e. The lowest BCUT2D eigenvalue weighted by molar-refractivity contribution is -0.121. The maximum atomic E-state index is 9.70. The van der Waals surface area contributed by atoms with Crippen molar-refractivity contribution in [1.82, 2.24) is 0 Å². The highest BCUT2D eigenvalue weighted by Crippen LogP contribution is 2.26. The summed E-state index contributed by atoms with van der Waals surface area (Å²) in [5.74, 6) is 0.312. The number of carbonyl (C=O) groups excluding carboxylic acids is 1. The van der Waals surface area contributed by atoms with Crippen molar-refractivity contribution in [2.75, 3.05) is 20.8 Å². The molecule has 0 heterocycles. The minimum absolute atomic E-state index is 0.0139. The van der Waals surface area contributed by atoms with Gasteiger partial charge in [0.1, 0.15) is 6.61 Å². The summed E-state index contributed by atoms with van der Waals surface area (Å²) >= 11 is 0. The molecule has 3 N–H and O–H groups in total. The zero-order chi connectivity index (χ0) is 13.3. The van der Waals surface area contributed by atoms with Gasteiger partial charge in [-0.1, -0.05) is 13.0 Å². The summed E-state index contributed by atoms with van der Waals surface area (Å²) in [4.78, 5) is 9.70. The highest BCUT2D eigenvalue weighted by atomic mass is 16.5. The second kappa shape index (κ2) is 8.41. The Labute approximate surface area is 101 Å². The quantitative estimate of drug-likeness (QED) is 0.826. The number of methoxy groups -OCH3 is 2. The van der Waals surface area contributed by atoms with Crippen molar-refractivity contribution >= 4 is 5.91 Å². The third-order valence-corrected chi connectivity index (χ3v) is 1.94. The molecule has 1 aromatic carbocycles. The van der Waals surface area contributed by atoms with Crippen molar-refractivity contribution in [1.29, 1.82) is 0 Å². The van der Waals surface area contributed by atoms with Gasteiger partial charge in [-0.25, -0.2) is 0 Å². The number of phenols is 1. The zero-order valence-electron chi connectivity index (χ0n) is 10.4. The molecule has 0 spiro atoms. The molecule has 0 unspecified atom stereocenters. The fraction of sp³-hybridized carbons (Fsp3) is 0.417. The predicted octanol–water partition coefficient (Wildman–Crippen LogP) is 1.08. The topological polar surface area (TPSA) is 81.8 Å². The van der Waals surface area contributed by atoms with Crippen LogP contribution in [0.2, 0.25) is 0 Å². The molecule has 5 heteroatoms. The Morgan fingerprint density at radius 1 is 1.41 bits per heavy atom. The molecular weight excluding hydrogens is 222 g/mol. The monoisotopic (exact) mass is 241 g/mol. The van der Waals surface area contributed by atoms with Crippen LogP contribution in [0.4, 0.5) is 0 Å². The molecule has 17 heavy (non-hydrogen) atoms. The van der Waals surface area contributed by atoms with Gasteiger partial charge in [-0.2, -0.15) is 0 Å². The fourth-order valence-electron chi connectivity index (χ4n) is 1.08. The van der Waals surface area contributed by atoms with E-state index < -0.39 is 5.91 Å². The van der Waals surface area contributed by atoms with Crippen LogP contribution >= 0.6 is 0 Å². The Balaban J connectivity index is 0.000000366. The number of aromatic hydroxyl groups is 1. The number of ether oxygens (including phenoxy) is 2. The summed E-state index contributed by atoms with van der Waals surface area (Å²) < 4.78 is 9.27. The van der Waals surface area contributed by atoms with E-state index in [-0.39, 0.29) is 12.4 Å². The molecule has 0 aromatic heterocycles. The van der Waals surface area contributed by atoms with Gasteiger partial charge < -0.3 is 20.3 Å². The minimum atomic E-state index is -0.433. The molecule has 0 aliphatic heterocycles. The van der Waals surface area contributed by atoms with E-state index in [1.54, 1.807) is 13.2 Å². The number of hydrogen-bond acceptors (Lipinski definition) is 4. The predicted molar refractivity (Wildman–Crippen MR) is 65.1 cm³/mol. The van der Waals surface area contributed by atoms with Gasteiger partial charge in [0, 0.05) is 7.11 Å². The molecule has 96 valence electrons. The number of rotatable bonds is 4. The Bertz CT molecular complexity index is 352. The molecule has 0 saturated carbocycles. The van der Waals surface area contributed by atoms with Gasteiger partial charge in [0.25, 0.3) is 0 Å². The smallest absolute Gasteiger partial charge is 0.243 e. The van der Waals surface area contributed by atoms with Gasteiger partial charge in [0.15, 0.2) is 11.5 Å². The van der Waals surface area contributed by atoms with Crippen LogP contribution in [-0.2, 0) is 16.0 Å². The average Bonchev–Trinajstić information content (AvgIpc) is 2.30. The van der Waals surface area contributed by atoms with E-state index in [0.717, 1.165) is 6.42 Å². The van der Waals surface area contributed by atoms with E-state index >= 15 is 0 Å². The van der Waals surface area contributed by atoms with Gasteiger partial charge >= 0.3 is 0 Å². The van der Waals surface area contributed by atoms with Crippen molar-refractivity contribution in [3.8, 4) is 11.5 Å². The highest BCUT2D eigenvalue weighted by molar-refractivity contribution is 5.74. The van der Waals surface area contributed by atoms with Crippen LogP contribution in [0, 0.1) is 0 Å². The lowest BCUT2D eigenvalue weighted by atomic mass is 10.1. The normalized spacial score (nSPS) is 9.12. The van der Waals surface area contributed by atoms with Gasteiger partial charge in [-0.3, -0.25) is 4.79 Å². The first-order chi connectivity index (χ1) is 8.04. The lowest BCUT2D eigenvalue weighted by Crippen LogP contribution is -2.16. The summed E-state index contributed by atoms with van der Waals surface area (Å²) in [6.45, 7) is 2.08. The van der Waals surface area contributed by atoms with Gasteiger partial charge in [0.2, 0.25) is 5.91 Å². The zero-order valence-corrected chi connectivity index (χ0v) is 10.4. The molecule has 0 radical (unpaired) electrons. The molecule has 0 bridgehead atoms. The Hall–Kier alpha value is -1.75. The van der Waals surface area contributed by atoms with Gasteiger partial charge in [-0.05, 0) is 24.1 Å². The molecule has 1 amide bonds. The van der Waals surface area contributed by atoms with Crippen molar-refractivity contribution in [2.24, 2.45) is 5.73 Å². The number of hydrogen-bond donors (Lipinski definition) is 2. The molecule has 1 rings (SSSR count). The van der Waals surface area contributed by atoms with E-state index in [2.05, 4.69) is 17.4 Å². The summed E-state index contributed by atoms with van der Waals surface area (Å²) in [5, 5.41) is 9.21. The Morgan fingerprint density at radius 2 is 2.06 bits per heavy atom. The number of primary amides is 1. The Kier molecular flexibility index (Phi) is 7.54. The summed E-state index contributed by atoms with van der Waals surface area (Å²) in [6.07, 6.45) is 0.955. The molecule has 1 aromatic rings. The van der Waals surface area contributed by atoms with Crippen molar-refractivity contribution in [3.05, 3.63) is 23.8 Å². The van der Waals surface area contributed by atoms with E-state index in [1.165, 1.54) is 12.7 Å². The molecule has 0 saturated heterocycles. The largest absolute Gasteiger partial charge is 0.504 e. The van der Waals surface area contributed by atoms with E-state index in [1.807, 2.05) is 12.1 Å². The highest BCUT2D eigenvalue weighted by Gasteiger charge is 1.99. The van der Waals surface area contributed by atoms with E-state index in [4.69, 9.17) is 4.74 Å². The average molecular weight is 241 g/mol. The standard InChI is InChI=1S/C9H12O2.C3H7NO2/c1-3-7-4-5-8(10)9(6-7)11-2;1-6-2-3(4)5/h4-6,10H,3H2,1-2H3;2H2,1H3,(H2,4,5). The Morgan fingerprint density at radius 3 is 2.41 bits per heavy atom. The van der Waals surface area contributed by atoms with E-state index in [9.17, 15) is 9.90 Å². The number of aryl methyl sites for hydroxylation is 1. The number of nitrogens with two attached hydrogens (primary N) is 1. The van der Waals surface area contributed by atoms with E-state index in [0.29, 0.717) is 5.75 Å². The van der Waals surface area contributed by atoms with Gasteiger partial charge in [-0.15, -0.1) is 0 Å². The summed E-state index contributed by atoms with van der Waals surface area (Å²) in [5.41, 5.74) is 5.81. The number of amides is 1. The van der Waals surface area contributed by atoms with Crippen LogP contribution in [0.15, 0.2) is 18.2 Å². The second-order valence-corrected chi connectivity index (χ2v) is 3.26. The lowest BCUT2D eigenvalue weighted by Gasteiger charge is -2.03. The number of phenolic OH excluding ortho intramolecular Hbond substituents is 1. The van der Waals surface area contributed by atoms with Crippen LogP contribution in [0.1, 0.15) is 12.5 Å². The fourth-order valence-corrected chi connectivity index (χ4v) is 1.08. The van der Waals surface area contributed by atoms with Crippen molar-refractivity contribution in [3.63, 3.8) is 0 Å². The molecule has 0 aliphatic rings. The maximum Gasteiger partial charge on any atom is 0.243 e. The number of benzene rings is 1. The molecule has 5 nitrogen and oxygen atoms in total. The summed E-state index contributed by atoms with van der Waals surface area (Å²) in [6, 6.07) is 5.38. The van der Waals surface area contributed by atoms with Crippen molar-refractivity contribution < 1.29 is 19.4 Å². The first-order valence-corrected chi connectivity index (χ1v) is 5.18. The molecule has 0 fully saturated rings. The molecule has 0 atom stereocenters. The van der Waals surface area contributed by atoms with Crippen LogP contribution < -0.4 is 10.5 Å². The SMILES string of the molecule is CCc1ccc(O)c(OC)c1.COCC(N)=O. The third-order valence-electron chi connectivity index (χ3n) is 1.94. The molecule has 0 aliphatic carbocycles. The third kappa shape index (κ3) is 6.42. The first kappa shape index (κ1) is 15.2. The molecular formula is C12H19NO4. The first-order valence-electron chi connectivity index (χ1n) is 5.18. The second-order valence-electron chi connectivity index (χ2n) is 3.26. The van der Waals surface area contributed by atoms with Crippen LogP contribution in [0.3, 0.4) is 0 Å². The summed E-state index contributed by atoms with van der Waals surface area (Å²) in [7, 11) is 2.97. The number of carbonyl (C=O) groups is 1. The maximum absolute atomic E-state index is 9.70. The van der Waals surface area contributed by atoms with Crippen molar-refractivity contribution in [2.45, 2.75) is 13.3 Å².